The van der Waals surface area contributed by atoms with Crippen LogP contribution in [0, 0.1) is 32.5 Å². The third kappa shape index (κ3) is 7.07. The Balaban J connectivity index is 0.000000151. The number of hydrogen-bond acceptors (Lipinski definition) is 9. The Morgan fingerprint density at radius 2 is 1.50 bits per heavy atom. The molecular formula is C44H49FN10O3. The molecule has 0 amide bonds. The Morgan fingerprint density at radius 3 is 2.28 bits per heavy atom. The van der Waals surface area contributed by atoms with Gasteiger partial charge < -0.3 is 15.0 Å². The van der Waals surface area contributed by atoms with E-state index in [0.29, 0.717) is 33.6 Å². The molecule has 2 fully saturated rings. The molecule has 1 saturated heterocycles. The van der Waals surface area contributed by atoms with Crippen molar-refractivity contribution >= 4 is 27.5 Å². The van der Waals surface area contributed by atoms with Crippen LogP contribution in [0.15, 0.2) is 65.0 Å². The molecule has 2 N–H and O–H groups in total. The molecule has 2 aliphatic heterocycles. The quantitative estimate of drug-likeness (QED) is 0.195. The maximum atomic E-state index is 15.0. The summed E-state index contributed by atoms with van der Waals surface area (Å²) in [6.45, 7) is 10.7. The minimum Gasteiger partial charge on any atom is -0.507 e. The van der Waals surface area contributed by atoms with Crippen molar-refractivity contribution in [3.63, 3.8) is 0 Å². The highest BCUT2D eigenvalue weighted by atomic mass is 19.1. The number of nitrogens with one attached hydrogen (secondary N) is 1. The van der Waals surface area contributed by atoms with Crippen LogP contribution in [0.5, 0.6) is 5.75 Å². The van der Waals surface area contributed by atoms with Gasteiger partial charge in [-0.15, -0.1) is 0 Å². The summed E-state index contributed by atoms with van der Waals surface area (Å²) in [6.07, 6.45) is 14.9. The van der Waals surface area contributed by atoms with Crippen LogP contribution >= 0.6 is 0 Å². The summed E-state index contributed by atoms with van der Waals surface area (Å²) in [4.78, 5) is 44.1. The molecule has 300 valence electrons. The van der Waals surface area contributed by atoms with E-state index in [0.717, 1.165) is 105 Å². The highest BCUT2D eigenvalue weighted by Gasteiger charge is 2.25. The van der Waals surface area contributed by atoms with Gasteiger partial charge in [0.15, 0.2) is 5.65 Å². The molecule has 7 heterocycles. The summed E-state index contributed by atoms with van der Waals surface area (Å²) < 4.78 is 22.3. The van der Waals surface area contributed by atoms with Crippen LogP contribution in [0.3, 0.4) is 0 Å². The van der Waals surface area contributed by atoms with Crippen LogP contribution in [-0.4, -0.2) is 61.4 Å². The summed E-state index contributed by atoms with van der Waals surface area (Å²) in [7, 11) is 0. The number of piperidine rings is 1. The average Bonchev–Trinajstić information content (AvgIpc) is 3.79. The lowest BCUT2D eigenvalue weighted by atomic mass is 9.87. The van der Waals surface area contributed by atoms with Crippen molar-refractivity contribution in [3.05, 3.63) is 110 Å². The number of rotatable bonds is 4. The van der Waals surface area contributed by atoms with E-state index >= 15 is 4.39 Å². The van der Waals surface area contributed by atoms with Gasteiger partial charge in [-0.05, 0) is 126 Å². The fourth-order valence-corrected chi connectivity index (χ4v) is 9.20. The van der Waals surface area contributed by atoms with Gasteiger partial charge in [0.1, 0.15) is 22.8 Å². The van der Waals surface area contributed by atoms with Crippen LogP contribution in [0.4, 0.5) is 4.39 Å². The molecule has 1 saturated carbocycles. The van der Waals surface area contributed by atoms with Gasteiger partial charge >= 0.3 is 0 Å². The molecule has 0 spiro atoms. The van der Waals surface area contributed by atoms with Crippen molar-refractivity contribution < 1.29 is 9.50 Å². The monoisotopic (exact) mass is 784 g/mol. The van der Waals surface area contributed by atoms with E-state index in [-0.39, 0.29) is 40.3 Å². The standard InChI is InChI=1S/C23H25N5O2.C21H24FN5O/c1-13-4-6-16(7-5-13)27-12-24-19-9-17(21(29)10-18(19)23(27)30)20-8-14(2)22-25-15(3)11-28(22)26-20;1-13-10-26-11-14(2-3-19(26)25-13)15-8-17(22)20-18(9-15)24-12-27(21(20)28)16-4-6-23-7-5-16/h8-13,16,29H,4-7H2,1-3H3;8-10,12,14,16,23H,2-7,11H2,1H3. The van der Waals surface area contributed by atoms with Gasteiger partial charge in [0.2, 0.25) is 0 Å². The molecule has 1 unspecified atom stereocenters. The number of aryl methyl sites for hydroxylation is 4. The normalized spacial score (nSPS) is 20.0. The molecule has 0 radical (unpaired) electrons. The first-order valence-electron chi connectivity index (χ1n) is 20.5. The largest absolute Gasteiger partial charge is 0.507 e. The molecule has 13 nitrogen and oxygen atoms in total. The number of aromatic hydroxyl groups is 1. The molecule has 7 aromatic rings. The molecule has 1 aliphatic carbocycles. The first-order chi connectivity index (χ1) is 28.0. The lowest BCUT2D eigenvalue weighted by molar-refractivity contribution is 0.284. The average molecular weight is 785 g/mol. The molecule has 1 atom stereocenters. The van der Waals surface area contributed by atoms with E-state index in [2.05, 4.69) is 48.0 Å². The number of phenols is 1. The van der Waals surface area contributed by atoms with Gasteiger partial charge in [0.25, 0.3) is 11.1 Å². The lowest BCUT2D eigenvalue weighted by Gasteiger charge is -2.27. The maximum absolute atomic E-state index is 15.0. The summed E-state index contributed by atoms with van der Waals surface area (Å²) in [6, 6.07) is 8.88. The maximum Gasteiger partial charge on any atom is 0.264 e. The van der Waals surface area contributed by atoms with Crippen molar-refractivity contribution in [1.82, 2.24) is 48.6 Å². The van der Waals surface area contributed by atoms with E-state index in [9.17, 15) is 14.7 Å². The predicted molar refractivity (Wildman–Crippen MR) is 221 cm³/mol. The molecule has 3 aliphatic rings. The van der Waals surface area contributed by atoms with Gasteiger partial charge in [-0.2, -0.15) is 5.10 Å². The second-order valence-electron chi connectivity index (χ2n) is 16.6. The first-order valence-corrected chi connectivity index (χ1v) is 20.5. The zero-order valence-corrected chi connectivity index (χ0v) is 33.5. The highest BCUT2D eigenvalue weighted by molar-refractivity contribution is 5.86. The van der Waals surface area contributed by atoms with Crippen LogP contribution in [0.2, 0.25) is 0 Å². The van der Waals surface area contributed by atoms with Gasteiger partial charge in [-0.1, -0.05) is 6.92 Å². The third-order valence-corrected chi connectivity index (χ3v) is 12.4. The Bertz CT molecular complexity index is 2810. The van der Waals surface area contributed by atoms with Crippen molar-refractivity contribution in [2.45, 2.75) is 104 Å². The van der Waals surface area contributed by atoms with Crippen LogP contribution in [-0.2, 0) is 13.0 Å². The lowest BCUT2D eigenvalue weighted by Crippen LogP contribution is -2.34. The number of benzene rings is 2. The Hall–Kier alpha value is -5.76. The van der Waals surface area contributed by atoms with Gasteiger partial charge in [-0.25, -0.2) is 28.8 Å². The number of aromatic nitrogens is 9. The van der Waals surface area contributed by atoms with E-state index < -0.39 is 5.82 Å². The zero-order chi connectivity index (χ0) is 40.2. The number of hydrogen-bond donors (Lipinski definition) is 2. The molecule has 10 rings (SSSR count). The van der Waals surface area contributed by atoms with E-state index in [1.807, 2.05) is 39.1 Å². The first kappa shape index (κ1) is 37.8. The molecule has 58 heavy (non-hydrogen) atoms. The summed E-state index contributed by atoms with van der Waals surface area (Å²) >= 11 is 0. The van der Waals surface area contributed by atoms with Gasteiger partial charge in [0.05, 0.1) is 52.4 Å². The smallest absolute Gasteiger partial charge is 0.264 e. The van der Waals surface area contributed by atoms with E-state index in [4.69, 9.17) is 0 Å². The van der Waals surface area contributed by atoms with Gasteiger partial charge in [-0.3, -0.25) is 18.7 Å². The molecular weight excluding hydrogens is 736 g/mol. The Kier molecular flexibility index (Phi) is 9.91. The van der Waals surface area contributed by atoms with Crippen molar-refractivity contribution in [2.75, 3.05) is 13.1 Å². The number of halogens is 1. The van der Waals surface area contributed by atoms with E-state index in [1.54, 1.807) is 32.4 Å². The number of phenolic OH excluding ortho intramolecular Hbond substituents is 1. The topological polar surface area (TPSA) is 150 Å². The summed E-state index contributed by atoms with van der Waals surface area (Å²) in [5, 5.41) is 19.2. The predicted octanol–water partition coefficient (Wildman–Crippen LogP) is 6.87. The Labute approximate surface area is 334 Å². The Morgan fingerprint density at radius 1 is 0.793 bits per heavy atom. The summed E-state index contributed by atoms with van der Waals surface area (Å²) in [5.74, 6) is 1.58. The van der Waals surface area contributed by atoms with Crippen LogP contribution in [0.1, 0.15) is 98.2 Å². The van der Waals surface area contributed by atoms with Crippen LogP contribution in [0.25, 0.3) is 38.7 Å². The van der Waals surface area contributed by atoms with Crippen molar-refractivity contribution in [2.24, 2.45) is 5.92 Å². The fourth-order valence-electron chi connectivity index (χ4n) is 9.20. The molecule has 5 aromatic heterocycles. The summed E-state index contributed by atoms with van der Waals surface area (Å²) in [5.41, 5.74) is 6.38. The van der Waals surface area contributed by atoms with Crippen molar-refractivity contribution in [3.8, 4) is 17.0 Å². The minimum absolute atomic E-state index is 0.0273. The minimum atomic E-state index is -0.458. The van der Waals surface area contributed by atoms with Gasteiger partial charge in [0, 0.05) is 42.7 Å². The highest BCUT2D eigenvalue weighted by Crippen LogP contribution is 2.35. The number of imidazole rings is 2. The van der Waals surface area contributed by atoms with Crippen LogP contribution < -0.4 is 16.4 Å². The fraction of sp³-hybridized carbons (Fsp3) is 0.432. The number of fused-ring (bicyclic) bond motifs is 4. The zero-order valence-electron chi connectivity index (χ0n) is 33.5. The third-order valence-electron chi connectivity index (χ3n) is 12.4. The molecule has 14 heteroatoms. The molecule has 2 aromatic carbocycles. The SMILES string of the molecule is Cc1cn2c(n1)CCC(c1cc(F)c3c(=O)n(C4CCNCC4)cnc3c1)C2.Cc1cn2nc(-c3cc4ncn(C5CCC(C)CC5)c(=O)c4cc3O)cc(C)c2n1. The second-order valence-corrected chi connectivity index (χ2v) is 16.6. The molecule has 0 bridgehead atoms. The van der Waals surface area contributed by atoms with Crippen molar-refractivity contribution in [1.29, 1.82) is 0 Å². The second kappa shape index (κ2) is 15.2. The number of nitrogens with zero attached hydrogens (tertiary/aromatic N) is 9. The van der Waals surface area contributed by atoms with E-state index in [1.165, 1.54) is 12.1 Å².